The summed E-state index contributed by atoms with van der Waals surface area (Å²) in [4.78, 5) is 17.1. The van der Waals surface area contributed by atoms with Gasteiger partial charge >= 0.3 is 0 Å². The zero-order valence-corrected chi connectivity index (χ0v) is 17.0. The Morgan fingerprint density at radius 3 is 2.90 bits per heavy atom. The molecule has 8 heteroatoms. The van der Waals surface area contributed by atoms with Gasteiger partial charge in [-0.3, -0.25) is 4.79 Å². The van der Waals surface area contributed by atoms with E-state index in [1.54, 1.807) is 36.1 Å². The molecule has 0 fully saturated rings. The third-order valence-corrected chi connectivity index (χ3v) is 5.65. The van der Waals surface area contributed by atoms with E-state index in [2.05, 4.69) is 15.4 Å². The van der Waals surface area contributed by atoms with E-state index in [1.807, 2.05) is 12.1 Å². The molecule has 1 aliphatic heterocycles. The number of halogens is 1. The maximum Gasteiger partial charge on any atom is 0.226 e. The Morgan fingerprint density at radius 1 is 1.19 bits per heavy atom. The number of allylic oxidation sites excluding steroid dienone is 2. The molecule has 158 valence electrons. The van der Waals surface area contributed by atoms with Gasteiger partial charge in [-0.2, -0.15) is 10.1 Å². The lowest BCUT2D eigenvalue weighted by molar-refractivity contribution is -0.116. The lowest BCUT2D eigenvalue weighted by Crippen LogP contribution is -2.31. The van der Waals surface area contributed by atoms with E-state index in [9.17, 15) is 9.18 Å². The van der Waals surface area contributed by atoms with Crippen LogP contribution < -0.4 is 14.8 Å². The van der Waals surface area contributed by atoms with Gasteiger partial charge in [0.15, 0.2) is 17.3 Å². The molecule has 1 unspecified atom stereocenters. The molecule has 1 aliphatic carbocycles. The first-order valence-corrected chi connectivity index (χ1v) is 10.1. The van der Waals surface area contributed by atoms with Gasteiger partial charge in [-0.25, -0.2) is 9.07 Å². The lowest BCUT2D eigenvalue weighted by Gasteiger charge is -2.32. The molecule has 7 nitrogen and oxygen atoms in total. The van der Waals surface area contributed by atoms with Gasteiger partial charge in [0.2, 0.25) is 5.95 Å². The molecule has 1 aromatic heterocycles. The van der Waals surface area contributed by atoms with E-state index in [0.717, 1.165) is 24.1 Å². The second kappa shape index (κ2) is 7.86. The van der Waals surface area contributed by atoms with Crippen LogP contribution in [0.25, 0.3) is 0 Å². The Bertz CT molecular complexity index is 1190. The molecule has 0 saturated heterocycles. The Balaban J connectivity index is 1.50. The average Bonchev–Trinajstić information content (AvgIpc) is 3.25. The zero-order chi connectivity index (χ0) is 21.4. The number of aromatic nitrogens is 3. The average molecular weight is 420 g/mol. The molecule has 0 radical (unpaired) electrons. The van der Waals surface area contributed by atoms with Crippen molar-refractivity contribution in [2.24, 2.45) is 0 Å². The molecule has 0 bridgehead atoms. The molecule has 2 aromatic carbocycles. The highest BCUT2D eigenvalue weighted by atomic mass is 19.1. The number of ether oxygens (including phenoxy) is 2. The summed E-state index contributed by atoms with van der Waals surface area (Å²) in [7, 11) is 1.55. The summed E-state index contributed by atoms with van der Waals surface area (Å²) in [5.41, 5.74) is 2.92. The van der Waals surface area contributed by atoms with E-state index in [0.29, 0.717) is 35.0 Å². The van der Waals surface area contributed by atoms with Crippen LogP contribution in [-0.2, 0) is 11.4 Å². The van der Waals surface area contributed by atoms with Crippen molar-refractivity contribution in [3.63, 3.8) is 0 Å². The summed E-state index contributed by atoms with van der Waals surface area (Å²) < 4.78 is 27.0. The van der Waals surface area contributed by atoms with Crippen molar-refractivity contribution < 1.29 is 18.7 Å². The molecule has 0 saturated carbocycles. The van der Waals surface area contributed by atoms with Gasteiger partial charge in [-0.05, 0) is 36.6 Å². The molecular formula is C23H21FN4O3. The van der Waals surface area contributed by atoms with Crippen LogP contribution in [0.2, 0.25) is 0 Å². The van der Waals surface area contributed by atoms with Crippen molar-refractivity contribution in [2.45, 2.75) is 31.9 Å². The van der Waals surface area contributed by atoms with Crippen LogP contribution in [0.4, 0.5) is 10.3 Å². The molecule has 1 atom stereocenters. The smallest absolute Gasteiger partial charge is 0.226 e. The highest BCUT2D eigenvalue weighted by molar-refractivity contribution is 5.99. The minimum Gasteiger partial charge on any atom is -0.493 e. The zero-order valence-electron chi connectivity index (χ0n) is 17.0. The Morgan fingerprint density at radius 2 is 2.06 bits per heavy atom. The quantitative estimate of drug-likeness (QED) is 0.672. The largest absolute Gasteiger partial charge is 0.493 e. The van der Waals surface area contributed by atoms with Gasteiger partial charge < -0.3 is 14.8 Å². The molecule has 5 rings (SSSR count). The van der Waals surface area contributed by atoms with Crippen molar-refractivity contribution in [2.75, 3.05) is 12.4 Å². The fourth-order valence-electron chi connectivity index (χ4n) is 4.15. The minimum absolute atomic E-state index is 0.0801. The lowest BCUT2D eigenvalue weighted by atomic mass is 9.85. The standard InChI is InChI=1S/C23H21FN4O3/c1-30-20-11-14(9-10-19(20)31-12-15-5-2-3-6-16(15)24)22-21-17(7-4-8-18(21)29)27-23-25-13-26-28(22)23/h2-3,5-6,9-11,13,22H,4,7-8,12H2,1H3,(H,25,26,27). The van der Waals surface area contributed by atoms with Gasteiger partial charge in [0.25, 0.3) is 0 Å². The number of fused-ring (bicyclic) bond motifs is 1. The van der Waals surface area contributed by atoms with Crippen molar-refractivity contribution in [1.29, 1.82) is 0 Å². The first-order chi connectivity index (χ1) is 15.2. The number of carbonyl (C=O) groups is 1. The van der Waals surface area contributed by atoms with Gasteiger partial charge in [0.1, 0.15) is 24.8 Å². The maximum absolute atomic E-state index is 13.9. The van der Waals surface area contributed by atoms with Gasteiger partial charge in [0, 0.05) is 23.3 Å². The van der Waals surface area contributed by atoms with E-state index < -0.39 is 6.04 Å². The van der Waals surface area contributed by atoms with Crippen LogP contribution in [-0.4, -0.2) is 27.7 Å². The number of hydrogen-bond acceptors (Lipinski definition) is 6. The summed E-state index contributed by atoms with van der Waals surface area (Å²) in [6, 6.07) is 11.6. The van der Waals surface area contributed by atoms with Gasteiger partial charge in [-0.1, -0.05) is 24.3 Å². The first-order valence-electron chi connectivity index (χ1n) is 10.1. The normalized spacial score (nSPS) is 17.6. The van der Waals surface area contributed by atoms with Crippen molar-refractivity contribution in [3.8, 4) is 11.5 Å². The third kappa shape index (κ3) is 3.43. The van der Waals surface area contributed by atoms with E-state index >= 15 is 0 Å². The SMILES string of the molecule is COc1cc(C2C3=C(CCCC3=O)Nc3ncnn32)ccc1OCc1ccccc1F. The Labute approximate surface area is 178 Å². The predicted molar refractivity (Wildman–Crippen MR) is 111 cm³/mol. The topological polar surface area (TPSA) is 78.3 Å². The molecule has 2 aliphatic rings. The van der Waals surface area contributed by atoms with E-state index in [1.165, 1.54) is 12.4 Å². The summed E-state index contributed by atoms with van der Waals surface area (Å²) >= 11 is 0. The third-order valence-electron chi connectivity index (χ3n) is 5.65. The van der Waals surface area contributed by atoms with Crippen molar-refractivity contribution in [3.05, 3.63) is 77.0 Å². The van der Waals surface area contributed by atoms with Crippen LogP contribution in [0, 0.1) is 5.82 Å². The monoisotopic (exact) mass is 420 g/mol. The molecule has 3 aromatic rings. The number of methoxy groups -OCH3 is 1. The number of rotatable bonds is 5. The van der Waals surface area contributed by atoms with Crippen molar-refractivity contribution >= 4 is 11.7 Å². The predicted octanol–water partition coefficient (Wildman–Crippen LogP) is 4.03. The second-order valence-electron chi connectivity index (χ2n) is 7.52. The van der Waals surface area contributed by atoms with Crippen LogP contribution in [0.1, 0.15) is 36.4 Å². The van der Waals surface area contributed by atoms with Crippen LogP contribution >= 0.6 is 0 Å². The molecule has 2 heterocycles. The van der Waals surface area contributed by atoms with Crippen LogP contribution in [0.15, 0.2) is 60.1 Å². The maximum atomic E-state index is 13.9. The molecule has 1 N–H and O–H groups in total. The number of nitrogens with one attached hydrogen (secondary N) is 1. The Kier molecular flexibility index (Phi) is 4.89. The number of carbonyl (C=O) groups excluding carboxylic acids is 1. The van der Waals surface area contributed by atoms with E-state index in [-0.39, 0.29) is 18.2 Å². The fraction of sp³-hybridized carbons (Fsp3) is 0.261. The number of anilines is 1. The summed E-state index contributed by atoms with van der Waals surface area (Å²) in [6.45, 7) is 0.0801. The first kappa shape index (κ1) is 19.3. The summed E-state index contributed by atoms with van der Waals surface area (Å²) in [6.07, 6.45) is 3.60. The molecule has 0 spiro atoms. The minimum atomic E-state index is -0.393. The van der Waals surface area contributed by atoms with Gasteiger partial charge in [-0.15, -0.1) is 0 Å². The number of benzene rings is 2. The van der Waals surface area contributed by atoms with Gasteiger partial charge in [0.05, 0.1) is 7.11 Å². The number of nitrogens with zero attached hydrogens (tertiary/aromatic N) is 3. The van der Waals surface area contributed by atoms with Crippen LogP contribution in [0.3, 0.4) is 0 Å². The van der Waals surface area contributed by atoms with Crippen LogP contribution in [0.5, 0.6) is 11.5 Å². The molecular weight excluding hydrogens is 399 g/mol. The molecule has 0 amide bonds. The van der Waals surface area contributed by atoms with Crippen molar-refractivity contribution in [1.82, 2.24) is 14.8 Å². The summed E-state index contributed by atoms with van der Waals surface area (Å²) in [5, 5.41) is 7.60. The number of hydrogen-bond donors (Lipinski definition) is 1. The number of Topliss-reactive ketones (excluding diaryl/α,β-unsaturated/α-hetero) is 1. The fourth-order valence-corrected chi connectivity index (χ4v) is 4.15. The summed E-state index contributed by atoms with van der Waals surface area (Å²) in [5.74, 6) is 1.39. The highest BCUT2D eigenvalue weighted by Gasteiger charge is 2.36. The number of ketones is 1. The highest BCUT2D eigenvalue weighted by Crippen LogP contribution is 2.41. The second-order valence-corrected chi connectivity index (χ2v) is 7.52. The molecule has 31 heavy (non-hydrogen) atoms. The Hall–Kier alpha value is -3.68. The van der Waals surface area contributed by atoms with E-state index in [4.69, 9.17) is 9.47 Å².